The van der Waals surface area contributed by atoms with Gasteiger partial charge in [0, 0.05) is 16.6 Å². The van der Waals surface area contributed by atoms with E-state index in [-0.39, 0.29) is 5.91 Å². The maximum absolute atomic E-state index is 12.0. The number of benzene rings is 1. The molecule has 3 heteroatoms. The topological polar surface area (TPSA) is 29.1 Å². The SMILES string of the molecule is CCC(CC)CNC(=O)c1cccc(Br)c1C. The minimum absolute atomic E-state index is 0.0238. The minimum Gasteiger partial charge on any atom is -0.352 e. The second kappa shape index (κ2) is 6.80. The lowest BCUT2D eigenvalue weighted by atomic mass is 10.0. The van der Waals surface area contributed by atoms with Crippen molar-refractivity contribution in [3.8, 4) is 0 Å². The highest BCUT2D eigenvalue weighted by molar-refractivity contribution is 9.10. The van der Waals surface area contributed by atoms with Gasteiger partial charge in [-0.15, -0.1) is 0 Å². The Morgan fingerprint density at radius 1 is 1.35 bits per heavy atom. The van der Waals surface area contributed by atoms with Crippen LogP contribution >= 0.6 is 15.9 Å². The number of rotatable bonds is 5. The lowest BCUT2D eigenvalue weighted by Gasteiger charge is -2.14. The molecule has 0 saturated carbocycles. The van der Waals surface area contributed by atoms with E-state index in [0.717, 1.165) is 35.0 Å². The van der Waals surface area contributed by atoms with Gasteiger partial charge in [-0.25, -0.2) is 0 Å². The molecule has 0 aromatic heterocycles. The van der Waals surface area contributed by atoms with Crippen molar-refractivity contribution in [1.82, 2.24) is 5.32 Å². The Morgan fingerprint density at radius 3 is 2.59 bits per heavy atom. The smallest absolute Gasteiger partial charge is 0.251 e. The maximum Gasteiger partial charge on any atom is 0.251 e. The van der Waals surface area contributed by atoms with Crippen LogP contribution in [-0.4, -0.2) is 12.5 Å². The molecule has 1 aromatic rings. The first kappa shape index (κ1) is 14.2. The van der Waals surface area contributed by atoms with E-state index in [9.17, 15) is 4.79 Å². The van der Waals surface area contributed by atoms with Crippen molar-refractivity contribution in [3.05, 3.63) is 33.8 Å². The second-order valence-corrected chi connectivity index (χ2v) is 5.16. The first-order valence-electron chi connectivity index (χ1n) is 6.13. The molecule has 0 aliphatic carbocycles. The number of hydrogen-bond donors (Lipinski definition) is 1. The van der Waals surface area contributed by atoms with Gasteiger partial charge in [0.2, 0.25) is 0 Å². The predicted molar refractivity (Wildman–Crippen MR) is 75.3 cm³/mol. The van der Waals surface area contributed by atoms with Gasteiger partial charge in [0.1, 0.15) is 0 Å². The maximum atomic E-state index is 12.0. The van der Waals surface area contributed by atoms with E-state index in [1.165, 1.54) is 0 Å². The lowest BCUT2D eigenvalue weighted by molar-refractivity contribution is 0.0945. The van der Waals surface area contributed by atoms with Gasteiger partial charge in [0.15, 0.2) is 0 Å². The highest BCUT2D eigenvalue weighted by Crippen LogP contribution is 2.19. The lowest BCUT2D eigenvalue weighted by Crippen LogP contribution is -2.29. The molecule has 0 heterocycles. The summed E-state index contributed by atoms with van der Waals surface area (Å²) in [6.45, 7) is 7.03. The summed E-state index contributed by atoms with van der Waals surface area (Å²) in [5, 5.41) is 3.01. The predicted octanol–water partition coefficient (Wildman–Crippen LogP) is 3.92. The molecule has 0 saturated heterocycles. The molecular weight excluding hydrogens is 278 g/mol. The largest absolute Gasteiger partial charge is 0.352 e. The second-order valence-electron chi connectivity index (χ2n) is 4.30. The van der Waals surface area contributed by atoms with Crippen LogP contribution in [0, 0.1) is 12.8 Å². The Balaban J connectivity index is 2.67. The molecule has 0 atom stereocenters. The summed E-state index contributed by atoms with van der Waals surface area (Å²) in [7, 11) is 0. The summed E-state index contributed by atoms with van der Waals surface area (Å²) in [6.07, 6.45) is 2.21. The fourth-order valence-corrected chi connectivity index (χ4v) is 2.13. The van der Waals surface area contributed by atoms with Gasteiger partial charge in [-0.2, -0.15) is 0 Å². The monoisotopic (exact) mass is 297 g/mol. The number of carbonyl (C=O) groups is 1. The zero-order valence-electron chi connectivity index (χ0n) is 10.7. The van der Waals surface area contributed by atoms with E-state index in [1.54, 1.807) is 0 Å². The third-order valence-electron chi connectivity index (χ3n) is 3.22. The molecule has 0 fully saturated rings. The van der Waals surface area contributed by atoms with Gasteiger partial charge in [-0.3, -0.25) is 4.79 Å². The number of halogens is 1. The summed E-state index contributed by atoms with van der Waals surface area (Å²) < 4.78 is 0.979. The molecular formula is C14H20BrNO. The number of carbonyl (C=O) groups excluding carboxylic acids is 1. The molecule has 0 spiro atoms. The fourth-order valence-electron chi connectivity index (χ4n) is 1.76. The molecule has 0 aliphatic rings. The van der Waals surface area contributed by atoms with Gasteiger partial charge < -0.3 is 5.32 Å². The summed E-state index contributed by atoms with van der Waals surface area (Å²) in [6, 6.07) is 5.71. The molecule has 0 aliphatic heterocycles. The molecule has 17 heavy (non-hydrogen) atoms. The van der Waals surface area contributed by atoms with Crippen LogP contribution in [0.3, 0.4) is 0 Å². The normalized spacial score (nSPS) is 10.6. The molecule has 1 amide bonds. The van der Waals surface area contributed by atoms with Crippen molar-refractivity contribution in [2.24, 2.45) is 5.92 Å². The van der Waals surface area contributed by atoms with Crippen molar-refractivity contribution >= 4 is 21.8 Å². The van der Waals surface area contributed by atoms with Gasteiger partial charge in [0.05, 0.1) is 0 Å². The first-order chi connectivity index (χ1) is 8.10. The minimum atomic E-state index is 0.0238. The molecule has 0 radical (unpaired) electrons. The van der Waals surface area contributed by atoms with Crippen LogP contribution < -0.4 is 5.32 Å². The Labute approximate surface area is 112 Å². The summed E-state index contributed by atoms with van der Waals surface area (Å²) in [5.74, 6) is 0.599. The van der Waals surface area contributed by atoms with Crippen LogP contribution in [0.15, 0.2) is 22.7 Å². The Kier molecular flexibility index (Phi) is 5.69. The standard InChI is InChI=1S/C14H20BrNO/c1-4-11(5-2)9-16-14(17)12-7-6-8-13(15)10(12)3/h6-8,11H,4-5,9H2,1-3H3,(H,16,17). The molecule has 1 aromatic carbocycles. The summed E-state index contributed by atoms with van der Waals surface area (Å²) in [4.78, 5) is 12.0. The van der Waals surface area contributed by atoms with Crippen molar-refractivity contribution in [2.45, 2.75) is 33.6 Å². The molecule has 0 bridgehead atoms. The Morgan fingerprint density at radius 2 is 2.00 bits per heavy atom. The van der Waals surface area contributed by atoms with Crippen LogP contribution in [0.4, 0.5) is 0 Å². The van der Waals surface area contributed by atoms with E-state index in [1.807, 2.05) is 25.1 Å². The molecule has 2 nitrogen and oxygen atoms in total. The fraction of sp³-hybridized carbons (Fsp3) is 0.500. The molecule has 1 N–H and O–H groups in total. The van der Waals surface area contributed by atoms with Gasteiger partial charge in [0.25, 0.3) is 5.91 Å². The van der Waals surface area contributed by atoms with Gasteiger partial charge >= 0.3 is 0 Å². The quantitative estimate of drug-likeness (QED) is 0.877. The van der Waals surface area contributed by atoms with Gasteiger partial charge in [-0.05, 0) is 30.5 Å². The van der Waals surface area contributed by atoms with Gasteiger partial charge in [-0.1, -0.05) is 48.7 Å². The number of amides is 1. The van der Waals surface area contributed by atoms with E-state index < -0.39 is 0 Å². The highest BCUT2D eigenvalue weighted by atomic mass is 79.9. The van der Waals surface area contributed by atoms with Crippen LogP contribution in [0.5, 0.6) is 0 Å². The van der Waals surface area contributed by atoms with E-state index in [2.05, 4.69) is 35.1 Å². The van der Waals surface area contributed by atoms with Crippen molar-refractivity contribution < 1.29 is 4.79 Å². The molecule has 1 rings (SSSR count). The Hall–Kier alpha value is -0.830. The van der Waals surface area contributed by atoms with Crippen molar-refractivity contribution in [3.63, 3.8) is 0 Å². The molecule has 94 valence electrons. The van der Waals surface area contributed by atoms with Crippen LogP contribution in [0.25, 0.3) is 0 Å². The van der Waals surface area contributed by atoms with E-state index in [0.29, 0.717) is 5.92 Å². The zero-order valence-corrected chi connectivity index (χ0v) is 12.3. The van der Waals surface area contributed by atoms with Crippen LogP contribution in [0.1, 0.15) is 42.6 Å². The third kappa shape index (κ3) is 3.84. The number of hydrogen-bond acceptors (Lipinski definition) is 1. The highest BCUT2D eigenvalue weighted by Gasteiger charge is 2.11. The average molecular weight is 298 g/mol. The van der Waals surface area contributed by atoms with E-state index >= 15 is 0 Å². The first-order valence-corrected chi connectivity index (χ1v) is 6.92. The third-order valence-corrected chi connectivity index (χ3v) is 4.08. The van der Waals surface area contributed by atoms with E-state index in [4.69, 9.17) is 0 Å². The average Bonchev–Trinajstić information content (AvgIpc) is 2.33. The number of nitrogens with one attached hydrogen (secondary N) is 1. The van der Waals surface area contributed by atoms with Crippen LogP contribution in [-0.2, 0) is 0 Å². The zero-order chi connectivity index (χ0) is 12.8. The molecule has 0 unspecified atom stereocenters. The van der Waals surface area contributed by atoms with Crippen LogP contribution in [0.2, 0.25) is 0 Å². The van der Waals surface area contributed by atoms with Crippen molar-refractivity contribution in [2.75, 3.05) is 6.54 Å². The van der Waals surface area contributed by atoms with Crippen molar-refractivity contribution in [1.29, 1.82) is 0 Å². The summed E-state index contributed by atoms with van der Waals surface area (Å²) in [5.41, 5.74) is 1.75. The Bertz CT molecular complexity index is 386. The summed E-state index contributed by atoms with van der Waals surface area (Å²) >= 11 is 3.44.